The van der Waals surface area contributed by atoms with E-state index in [2.05, 4.69) is 25.4 Å². The number of benzene rings is 2. The molecule has 0 fully saturated rings. The number of hydrogen-bond donors (Lipinski definition) is 2. The van der Waals surface area contributed by atoms with E-state index in [4.69, 9.17) is 21.3 Å². The molecule has 0 spiro atoms. The van der Waals surface area contributed by atoms with Crippen molar-refractivity contribution in [2.45, 2.75) is 6.10 Å². The van der Waals surface area contributed by atoms with Gasteiger partial charge in [-0.05, 0) is 36.4 Å². The lowest BCUT2D eigenvalue weighted by Gasteiger charge is -2.33. The Hall–Kier alpha value is -4.11. The van der Waals surface area contributed by atoms with Crippen molar-refractivity contribution in [3.05, 3.63) is 76.3 Å². The molecule has 6 rings (SSSR count). The summed E-state index contributed by atoms with van der Waals surface area (Å²) in [5.41, 5.74) is 2.56. The molecule has 0 bridgehead atoms. The second kappa shape index (κ2) is 8.03. The van der Waals surface area contributed by atoms with Crippen LogP contribution in [0.3, 0.4) is 0 Å². The summed E-state index contributed by atoms with van der Waals surface area (Å²) in [6.45, 7) is 1.23. The SMILES string of the molecule is CN1CC(CNc2ncc3c4[nH]ncc4c(=O)n(-c4ccc(Cl)cc4)c3n2)Oc2ccccc21. The summed E-state index contributed by atoms with van der Waals surface area (Å²) in [5, 5.41) is 12.0. The Morgan fingerprint density at radius 3 is 2.82 bits per heavy atom. The van der Waals surface area contributed by atoms with Gasteiger partial charge in [0.05, 0.1) is 47.0 Å². The average Bonchev–Trinajstić information content (AvgIpc) is 3.35. The van der Waals surface area contributed by atoms with E-state index in [9.17, 15) is 4.79 Å². The van der Waals surface area contributed by atoms with Gasteiger partial charge in [-0.1, -0.05) is 23.7 Å². The Kier molecular flexibility index (Phi) is 4.84. The molecule has 1 aliphatic heterocycles. The number of likely N-dealkylation sites (N-methyl/N-ethyl adjacent to an activating group) is 1. The lowest BCUT2D eigenvalue weighted by atomic mass is 10.2. The van der Waals surface area contributed by atoms with Crippen molar-refractivity contribution in [3.63, 3.8) is 0 Å². The first-order valence-electron chi connectivity index (χ1n) is 10.8. The largest absolute Gasteiger partial charge is 0.485 e. The van der Waals surface area contributed by atoms with Gasteiger partial charge in [-0.15, -0.1) is 0 Å². The summed E-state index contributed by atoms with van der Waals surface area (Å²) in [6.07, 6.45) is 3.12. The number of halogens is 1. The number of aromatic nitrogens is 5. The maximum absolute atomic E-state index is 13.3. The fraction of sp³-hybridized carbons (Fsp3) is 0.167. The van der Waals surface area contributed by atoms with Gasteiger partial charge in [0.2, 0.25) is 5.95 Å². The number of rotatable bonds is 4. The van der Waals surface area contributed by atoms with Crippen LogP contribution in [0.15, 0.2) is 65.7 Å². The molecule has 4 heterocycles. The third-order valence-corrected chi connectivity index (χ3v) is 6.19. The van der Waals surface area contributed by atoms with Gasteiger partial charge >= 0.3 is 0 Å². The van der Waals surface area contributed by atoms with E-state index in [1.54, 1.807) is 35.0 Å². The Morgan fingerprint density at radius 1 is 1.15 bits per heavy atom. The third kappa shape index (κ3) is 3.41. The maximum atomic E-state index is 13.3. The number of nitrogens with one attached hydrogen (secondary N) is 2. The van der Waals surface area contributed by atoms with Crippen LogP contribution in [-0.4, -0.2) is 51.0 Å². The number of ether oxygens (including phenoxy) is 1. The normalized spacial score (nSPS) is 15.4. The number of H-pyrrole nitrogens is 1. The second-order valence-electron chi connectivity index (χ2n) is 8.18. The van der Waals surface area contributed by atoms with Gasteiger partial charge in [0.15, 0.2) is 5.65 Å². The van der Waals surface area contributed by atoms with Gasteiger partial charge < -0.3 is 15.0 Å². The minimum absolute atomic E-state index is 0.0901. The van der Waals surface area contributed by atoms with E-state index in [-0.39, 0.29) is 11.7 Å². The van der Waals surface area contributed by atoms with Crippen LogP contribution in [0.5, 0.6) is 5.75 Å². The quantitative estimate of drug-likeness (QED) is 0.411. The monoisotopic (exact) mass is 473 g/mol. The predicted octanol–water partition coefficient (Wildman–Crippen LogP) is 3.62. The minimum atomic E-state index is -0.225. The molecule has 1 unspecified atom stereocenters. The highest BCUT2D eigenvalue weighted by atomic mass is 35.5. The van der Waals surface area contributed by atoms with Crippen molar-refractivity contribution >= 4 is 45.2 Å². The maximum Gasteiger partial charge on any atom is 0.267 e. The molecular weight excluding hydrogens is 454 g/mol. The van der Waals surface area contributed by atoms with E-state index in [1.807, 2.05) is 31.3 Å². The van der Waals surface area contributed by atoms with Crippen LogP contribution in [-0.2, 0) is 0 Å². The molecule has 1 aliphatic rings. The molecule has 0 saturated heterocycles. The highest BCUT2D eigenvalue weighted by molar-refractivity contribution is 6.30. The van der Waals surface area contributed by atoms with Gasteiger partial charge in [0, 0.05) is 18.3 Å². The number of anilines is 2. The van der Waals surface area contributed by atoms with Crippen LogP contribution in [0, 0.1) is 0 Å². The molecule has 3 aromatic heterocycles. The Balaban J connectivity index is 1.37. The smallest absolute Gasteiger partial charge is 0.267 e. The molecule has 1 atom stereocenters. The second-order valence-corrected chi connectivity index (χ2v) is 8.61. The Bertz CT molecular complexity index is 1580. The van der Waals surface area contributed by atoms with Gasteiger partial charge in [-0.3, -0.25) is 14.5 Å². The number of fused-ring (bicyclic) bond motifs is 4. The van der Waals surface area contributed by atoms with Crippen molar-refractivity contribution in [1.82, 2.24) is 24.7 Å². The van der Waals surface area contributed by atoms with Crippen molar-refractivity contribution < 1.29 is 4.74 Å². The van der Waals surface area contributed by atoms with Gasteiger partial charge in [-0.25, -0.2) is 4.98 Å². The van der Waals surface area contributed by atoms with Gasteiger partial charge in [-0.2, -0.15) is 10.1 Å². The zero-order valence-corrected chi connectivity index (χ0v) is 19.0. The number of hydrogen-bond acceptors (Lipinski definition) is 7. The van der Waals surface area contributed by atoms with E-state index in [0.717, 1.165) is 18.0 Å². The van der Waals surface area contributed by atoms with Crippen LogP contribution in [0.4, 0.5) is 11.6 Å². The molecule has 0 radical (unpaired) electrons. The standard InChI is InChI=1S/C24H20ClN7O2/c1-31-13-16(34-20-5-3-2-4-19(20)31)10-26-24-27-11-17-21-18(12-28-30-21)23(33)32(22(17)29-24)15-8-6-14(25)7-9-15/h2-9,11-12,16H,10,13H2,1H3,(H,28,30)(H,26,27,29). The van der Waals surface area contributed by atoms with E-state index < -0.39 is 0 Å². The lowest BCUT2D eigenvalue weighted by molar-refractivity contribution is 0.208. The van der Waals surface area contributed by atoms with Crippen LogP contribution in [0.1, 0.15) is 0 Å². The number of pyridine rings is 1. The van der Waals surface area contributed by atoms with Crippen molar-refractivity contribution in [3.8, 4) is 11.4 Å². The van der Waals surface area contributed by atoms with Crippen LogP contribution in [0.2, 0.25) is 5.02 Å². The molecule has 2 N–H and O–H groups in total. The summed E-state index contributed by atoms with van der Waals surface area (Å²) in [7, 11) is 2.04. The van der Waals surface area contributed by atoms with E-state index >= 15 is 0 Å². The topological polar surface area (TPSA) is 101 Å². The molecule has 0 aliphatic carbocycles. The summed E-state index contributed by atoms with van der Waals surface area (Å²) >= 11 is 6.06. The first-order chi connectivity index (χ1) is 16.6. The average molecular weight is 474 g/mol. The molecule has 5 aromatic rings. The molecule has 0 amide bonds. The molecule has 2 aromatic carbocycles. The zero-order valence-electron chi connectivity index (χ0n) is 18.2. The highest BCUT2D eigenvalue weighted by Gasteiger charge is 2.23. The number of aromatic amines is 1. The highest BCUT2D eigenvalue weighted by Crippen LogP contribution is 2.32. The van der Waals surface area contributed by atoms with Crippen LogP contribution >= 0.6 is 11.6 Å². The van der Waals surface area contributed by atoms with Gasteiger partial charge in [0.25, 0.3) is 5.56 Å². The summed E-state index contributed by atoms with van der Waals surface area (Å²) in [6, 6.07) is 15.0. The molecule has 0 saturated carbocycles. The molecular formula is C24H20ClN7O2. The van der Waals surface area contributed by atoms with E-state index in [0.29, 0.717) is 45.1 Å². The Labute approximate surface area is 199 Å². The Morgan fingerprint density at radius 2 is 1.97 bits per heavy atom. The number of nitrogens with zero attached hydrogens (tertiary/aromatic N) is 5. The first-order valence-corrected chi connectivity index (χ1v) is 11.2. The zero-order chi connectivity index (χ0) is 23.2. The van der Waals surface area contributed by atoms with Crippen molar-refractivity contribution in [2.24, 2.45) is 0 Å². The fourth-order valence-corrected chi connectivity index (χ4v) is 4.43. The molecule has 34 heavy (non-hydrogen) atoms. The van der Waals surface area contributed by atoms with Crippen molar-refractivity contribution in [2.75, 3.05) is 30.4 Å². The van der Waals surface area contributed by atoms with Crippen LogP contribution < -0.4 is 20.5 Å². The molecule has 10 heteroatoms. The van der Waals surface area contributed by atoms with E-state index in [1.165, 1.54) is 6.20 Å². The molecule has 170 valence electrons. The third-order valence-electron chi connectivity index (χ3n) is 5.94. The van der Waals surface area contributed by atoms with Gasteiger partial charge in [0.1, 0.15) is 11.9 Å². The summed E-state index contributed by atoms with van der Waals surface area (Å²) in [5.74, 6) is 1.25. The summed E-state index contributed by atoms with van der Waals surface area (Å²) < 4.78 is 7.69. The van der Waals surface area contributed by atoms with Crippen molar-refractivity contribution in [1.29, 1.82) is 0 Å². The number of para-hydroxylation sites is 2. The van der Waals surface area contributed by atoms with Crippen LogP contribution in [0.25, 0.3) is 27.6 Å². The summed E-state index contributed by atoms with van der Waals surface area (Å²) in [4.78, 5) is 24.7. The minimum Gasteiger partial charge on any atom is -0.485 e. The first kappa shape index (κ1) is 20.5. The molecule has 9 nitrogen and oxygen atoms in total. The lowest BCUT2D eigenvalue weighted by Crippen LogP contribution is -2.41. The predicted molar refractivity (Wildman–Crippen MR) is 132 cm³/mol. The fourth-order valence-electron chi connectivity index (χ4n) is 4.31.